The lowest BCUT2D eigenvalue weighted by atomic mass is 10.1. The number of nitrogens with two attached hydrogens (primary N) is 1. The monoisotopic (exact) mass is 691 g/mol. The number of fused-ring (bicyclic) bond motifs is 1. The molecule has 3 atom stereocenters. The van der Waals surface area contributed by atoms with Crippen LogP contribution in [-0.2, 0) is 30.3 Å². The molecule has 0 aromatic heterocycles. The van der Waals surface area contributed by atoms with E-state index in [4.69, 9.17) is 15.2 Å². The quantitative estimate of drug-likeness (QED) is 0.0850. The molecule has 0 bridgehead atoms. The molecule has 0 fully saturated rings. The van der Waals surface area contributed by atoms with E-state index in [0.29, 0.717) is 25.1 Å². The molecule has 2 unspecified atom stereocenters. The molecule has 7 N–H and O–H groups in total. The van der Waals surface area contributed by atoms with E-state index in [2.05, 4.69) is 16.0 Å². The van der Waals surface area contributed by atoms with Gasteiger partial charge >= 0.3 is 6.09 Å². The minimum absolute atomic E-state index is 0.115. The van der Waals surface area contributed by atoms with Crippen molar-refractivity contribution in [1.29, 1.82) is 0 Å². The zero-order chi connectivity index (χ0) is 36.7. The topological polar surface area (TPSA) is 198 Å². The summed E-state index contributed by atoms with van der Waals surface area (Å²) in [6, 6.07) is 19.9. The zero-order valence-corrected chi connectivity index (χ0v) is 29.1. The summed E-state index contributed by atoms with van der Waals surface area (Å²) in [5.74, 6) is -2.25. The highest BCUT2D eigenvalue weighted by atomic mass is 16.6. The van der Waals surface area contributed by atoms with E-state index >= 15 is 0 Å². The van der Waals surface area contributed by atoms with Crippen LogP contribution in [0.25, 0.3) is 10.8 Å². The Kier molecular flexibility index (Phi) is 15.3. The summed E-state index contributed by atoms with van der Waals surface area (Å²) < 4.78 is 10.8. The number of carbonyl (C=O) groups is 5. The van der Waals surface area contributed by atoms with E-state index in [-0.39, 0.29) is 25.0 Å². The number of aliphatic hydroxyl groups excluding tert-OH is 1. The number of rotatable bonds is 18. The first kappa shape index (κ1) is 39.6. The van der Waals surface area contributed by atoms with Gasteiger partial charge < -0.3 is 36.3 Å². The summed E-state index contributed by atoms with van der Waals surface area (Å²) in [5, 5.41) is 22.8. The summed E-state index contributed by atoms with van der Waals surface area (Å²) in [7, 11) is 0. The number of imide groups is 1. The van der Waals surface area contributed by atoms with Gasteiger partial charge in [-0.1, -0.05) is 55.0 Å². The Hall–Kier alpha value is -4.85. The number of hydrogen-bond donors (Lipinski definition) is 6. The molecule has 50 heavy (non-hydrogen) atoms. The van der Waals surface area contributed by atoms with Gasteiger partial charge in [0, 0.05) is 30.1 Å². The molecule has 0 saturated heterocycles. The van der Waals surface area contributed by atoms with Crippen molar-refractivity contribution in [2.45, 2.75) is 83.6 Å². The number of aliphatic hydroxyl groups is 1. The first-order valence-electron chi connectivity index (χ1n) is 16.7. The Morgan fingerprint density at radius 2 is 1.62 bits per heavy atom. The lowest BCUT2D eigenvalue weighted by molar-refractivity contribution is -0.137. The Bertz CT molecular complexity index is 1600. The van der Waals surface area contributed by atoms with Gasteiger partial charge in [0.1, 0.15) is 24.1 Å². The van der Waals surface area contributed by atoms with Gasteiger partial charge in [0.05, 0.1) is 12.6 Å². The first-order valence-corrected chi connectivity index (χ1v) is 16.7. The lowest BCUT2D eigenvalue weighted by Gasteiger charge is -2.19. The number of ether oxygens (including phenoxy) is 2. The number of anilines is 1. The number of alkyl carbamates (subject to hydrolysis) is 1. The number of Topliss-reactive ketones (excluding diaryl/α,β-unsaturated/α-hetero) is 1. The molecule has 0 spiro atoms. The Morgan fingerprint density at radius 3 is 2.34 bits per heavy atom. The van der Waals surface area contributed by atoms with Crippen LogP contribution in [0.2, 0.25) is 0 Å². The molecule has 3 aromatic rings. The summed E-state index contributed by atoms with van der Waals surface area (Å²) >= 11 is 0. The highest BCUT2D eigenvalue weighted by Gasteiger charge is 2.23. The van der Waals surface area contributed by atoms with Crippen LogP contribution >= 0.6 is 0 Å². The van der Waals surface area contributed by atoms with Crippen molar-refractivity contribution >= 4 is 46.1 Å². The number of benzene rings is 3. The summed E-state index contributed by atoms with van der Waals surface area (Å²) in [4.78, 5) is 60.3. The van der Waals surface area contributed by atoms with E-state index in [1.54, 1.807) is 45.0 Å². The summed E-state index contributed by atoms with van der Waals surface area (Å²) in [5.41, 5.74) is 6.45. The van der Waals surface area contributed by atoms with Crippen LogP contribution in [0, 0.1) is 0 Å². The second-order valence-corrected chi connectivity index (χ2v) is 13.1. The molecule has 0 heterocycles. The van der Waals surface area contributed by atoms with Crippen molar-refractivity contribution in [3.8, 4) is 5.75 Å². The number of nitrogens with one attached hydrogen (secondary N) is 4. The van der Waals surface area contributed by atoms with Crippen molar-refractivity contribution in [3.05, 3.63) is 72.3 Å². The standard InChI is InChI=1S/C37H49N5O8/c1-24(39-21-28(43)23-49-32-14-9-12-26-11-6-7-13-29(26)32)10-5-8-15-33(45)41-27-18-16-25(17-19-27)20-30(38)34(46)40-22-31(44)35(47)42-36(48)50-37(2,3)4/h6-7,9,11-14,16-19,24,28,30,39,43H,5,8,10,15,20-23,38H2,1-4H3,(H,40,46)(H,41,45)(H,42,47,48)/t24?,28?,30-/m0/s1. The van der Waals surface area contributed by atoms with Crippen molar-refractivity contribution in [2.24, 2.45) is 5.73 Å². The molecule has 0 aliphatic heterocycles. The van der Waals surface area contributed by atoms with Crippen LogP contribution in [0.1, 0.15) is 58.9 Å². The van der Waals surface area contributed by atoms with Crippen LogP contribution in [0.3, 0.4) is 0 Å². The van der Waals surface area contributed by atoms with E-state index in [1.165, 1.54) is 0 Å². The number of hydrogen-bond acceptors (Lipinski definition) is 10. The van der Waals surface area contributed by atoms with Gasteiger partial charge in [-0.2, -0.15) is 0 Å². The first-order chi connectivity index (χ1) is 23.7. The van der Waals surface area contributed by atoms with Gasteiger partial charge in [-0.25, -0.2) is 4.79 Å². The highest BCUT2D eigenvalue weighted by Crippen LogP contribution is 2.25. The van der Waals surface area contributed by atoms with Crippen LogP contribution in [0.15, 0.2) is 66.7 Å². The number of unbranched alkanes of at least 4 members (excludes halogenated alkanes) is 1. The van der Waals surface area contributed by atoms with Gasteiger partial charge in [0.15, 0.2) is 0 Å². The third kappa shape index (κ3) is 14.3. The number of carbonyl (C=O) groups excluding carboxylic acids is 5. The Morgan fingerprint density at radius 1 is 0.920 bits per heavy atom. The predicted molar refractivity (Wildman–Crippen MR) is 191 cm³/mol. The molecule has 0 aliphatic rings. The zero-order valence-electron chi connectivity index (χ0n) is 29.1. The lowest BCUT2D eigenvalue weighted by Crippen LogP contribution is -2.47. The summed E-state index contributed by atoms with van der Waals surface area (Å²) in [6.45, 7) is 6.81. The van der Waals surface area contributed by atoms with E-state index < -0.39 is 48.0 Å². The van der Waals surface area contributed by atoms with Gasteiger partial charge in [-0.05, 0) is 76.1 Å². The normalized spacial score (nSPS) is 13.1. The maximum atomic E-state index is 12.5. The third-order valence-electron chi connectivity index (χ3n) is 7.49. The highest BCUT2D eigenvalue weighted by molar-refractivity contribution is 6.39. The molecule has 13 heteroatoms. The molecule has 3 aromatic carbocycles. The van der Waals surface area contributed by atoms with E-state index in [1.807, 2.05) is 54.7 Å². The van der Waals surface area contributed by atoms with Crippen LogP contribution in [0.4, 0.5) is 10.5 Å². The maximum Gasteiger partial charge on any atom is 0.414 e. The molecule has 3 rings (SSSR count). The van der Waals surface area contributed by atoms with Gasteiger partial charge in [-0.3, -0.25) is 24.5 Å². The molecule has 0 saturated carbocycles. The van der Waals surface area contributed by atoms with Crippen molar-refractivity contribution in [3.63, 3.8) is 0 Å². The smallest absolute Gasteiger partial charge is 0.414 e. The molecule has 13 nitrogen and oxygen atoms in total. The van der Waals surface area contributed by atoms with E-state index in [9.17, 15) is 29.1 Å². The molecule has 270 valence electrons. The molecule has 0 aliphatic carbocycles. The van der Waals surface area contributed by atoms with Crippen LogP contribution < -0.4 is 31.7 Å². The fraction of sp³-hybridized carbons (Fsp3) is 0.432. The molecule has 4 amide bonds. The van der Waals surface area contributed by atoms with Crippen molar-refractivity contribution in [1.82, 2.24) is 16.0 Å². The average molecular weight is 692 g/mol. The molecular formula is C37H49N5O8. The minimum Gasteiger partial charge on any atom is -0.490 e. The fourth-order valence-corrected chi connectivity index (χ4v) is 4.88. The summed E-state index contributed by atoms with van der Waals surface area (Å²) in [6.07, 6.45) is 1.17. The fourth-order valence-electron chi connectivity index (χ4n) is 4.88. The Balaban J connectivity index is 1.27. The molecule has 0 radical (unpaired) electrons. The van der Waals surface area contributed by atoms with Crippen molar-refractivity contribution in [2.75, 3.05) is 25.0 Å². The second-order valence-electron chi connectivity index (χ2n) is 13.1. The van der Waals surface area contributed by atoms with Crippen molar-refractivity contribution < 1.29 is 38.6 Å². The molecular weight excluding hydrogens is 642 g/mol. The Labute approximate surface area is 292 Å². The van der Waals surface area contributed by atoms with Gasteiger partial charge in [-0.15, -0.1) is 0 Å². The van der Waals surface area contributed by atoms with Gasteiger partial charge in [0.2, 0.25) is 17.6 Å². The SMILES string of the molecule is CC(CCCCC(=O)Nc1ccc(C[C@H](N)C(=O)NCC(=O)C(=O)NC(=O)OC(C)(C)C)cc1)NCC(O)COc1cccc2ccccc12. The van der Waals surface area contributed by atoms with Gasteiger partial charge in [0.25, 0.3) is 5.91 Å². The maximum absolute atomic E-state index is 12.5. The largest absolute Gasteiger partial charge is 0.490 e. The number of amides is 4. The third-order valence-corrected chi connectivity index (χ3v) is 7.49. The van der Waals surface area contributed by atoms with Crippen LogP contribution in [-0.4, -0.2) is 78.2 Å². The minimum atomic E-state index is -1.20. The second kappa shape index (κ2) is 19.4. The van der Waals surface area contributed by atoms with E-state index in [0.717, 1.165) is 34.9 Å². The van der Waals surface area contributed by atoms with Crippen LogP contribution in [0.5, 0.6) is 5.75 Å². The average Bonchev–Trinajstić information content (AvgIpc) is 3.06. The predicted octanol–water partition coefficient (Wildman–Crippen LogP) is 3.36. The number of ketones is 1.